The fourth-order valence-electron chi connectivity index (χ4n) is 1.63. The van der Waals surface area contributed by atoms with Gasteiger partial charge in [-0.3, -0.25) is 4.79 Å². The lowest BCUT2D eigenvalue weighted by molar-refractivity contribution is -0.117. The summed E-state index contributed by atoms with van der Waals surface area (Å²) in [6.07, 6.45) is 0.0564. The lowest BCUT2D eigenvalue weighted by Crippen LogP contribution is -2.08. The van der Waals surface area contributed by atoms with Crippen molar-refractivity contribution >= 4 is 28.3 Å². The molecule has 0 saturated carbocycles. The van der Waals surface area contributed by atoms with Crippen molar-refractivity contribution in [1.82, 2.24) is 0 Å². The number of primary amides is 1. The summed E-state index contributed by atoms with van der Waals surface area (Å²) in [5.41, 5.74) is 5.85. The summed E-state index contributed by atoms with van der Waals surface area (Å²) < 4.78 is 0. The van der Waals surface area contributed by atoms with Crippen LogP contribution in [0.15, 0.2) is 36.4 Å². The maximum Gasteiger partial charge on any atom is 0.229 e. The predicted molar refractivity (Wildman–Crippen MR) is 69.6 cm³/mol. The van der Waals surface area contributed by atoms with E-state index in [0.29, 0.717) is 5.02 Å². The van der Waals surface area contributed by atoms with E-state index in [1.807, 2.05) is 36.4 Å². The van der Waals surface area contributed by atoms with Gasteiger partial charge in [0.1, 0.15) is 0 Å². The fraction of sp³-hybridized carbons (Fsp3) is 0.0714. The Bertz CT molecular complexity index is 632. The maximum absolute atomic E-state index is 10.6. The number of nitrogens with two attached hydrogens (primary N) is 1. The fourth-order valence-corrected chi connectivity index (χ4v) is 1.91. The van der Waals surface area contributed by atoms with Gasteiger partial charge in [0.05, 0.1) is 6.42 Å². The van der Waals surface area contributed by atoms with E-state index in [-0.39, 0.29) is 6.42 Å². The molecule has 1 amide bonds. The number of carbonyl (C=O) groups excluding carboxylic acids is 1. The molecule has 0 aromatic heterocycles. The topological polar surface area (TPSA) is 43.1 Å². The number of rotatable bonds is 1. The molecule has 2 aromatic carbocycles. The van der Waals surface area contributed by atoms with Crippen molar-refractivity contribution in [3.63, 3.8) is 0 Å². The zero-order valence-electron chi connectivity index (χ0n) is 9.03. The average molecular weight is 244 g/mol. The van der Waals surface area contributed by atoms with E-state index in [4.69, 9.17) is 17.3 Å². The van der Waals surface area contributed by atoms with Crippen LogP contribution < -0.4 is 5.73 Å². The molecular formula is C14H10ClNO. The van der Waals surface area contributed by atoms with Crippen LogP contribution in [-0.4, -0.2) is 5.91 Å². The van der Waals surface area contributed by atoms with Crippen molar-refractivity contribution in [2.24, 2.45) is 5.73 Å². The molecule has 0 aliphatic rings. The first kappa shape index (κ1) is 11.5. The van der Waals surface area contributed by atoms with Gasteiger partial charge in [-0.15, -0.1) is 0 Å². The third-order valence-corrected chi connectivity index (χ3v) is 2.65. The summed E-state index contributed by atoms with van der Waals surface area (Å²) in [6, 6.07) is 11.4. The van der Waals surface area contributed by atoms with Gasteiger partial charge in [0, 0.05) is 16.0 Å². The number of hydrogen-bond donors (Lipinski definition) is 1. The maximum atomic E-state index is 10.6. The predicted octanol–water partition coefficient (Wildman–Crippen LogP) is 2.72. The van der Waals surface area contributed by atoms with Gasteiger partial charge in [-0.1, -0.05) is 47.7 Å². The standard InChI is InChI=1S/C14H10ClNO/c15-12-8-2-6-10-4-1-5-11(14(10)12)7-3-9-13(16)17/h1-2,4-6,8H,9H2,(H2,16,17). The Kier molecular flexibility index (Phi) is 3.32. The molecule has 0 radical (unpaired) electrons. The van der Waals surface area contributed by atoms with E-state index in [2.05, 4.69) is 11.8 Å². The largest absolute Gasteiger partial charge is 0.369 e. The van der Waals surface area contributed by atoms with Crippen LogP contribution >= 0.6 is 11.6 Å². The number of amides is 1. The number of carbonyl (C=O) groups is 1. The molecule has 0 bridgehead atoms. The van der Waals surface area contributed by atoms with Crippen LogP contribution in [0.3, 0.4) is 0 Å². The summed E-state index contributed by atoms with van der Waals surface area (Å²) in [5.74, 6) is 5.23. The zero-order valence-corrected chi connectivity index (χ0v) is 9.79. The van der Waals surface area contributed by atoms with E-state index in [9.17, 15) is 4.79 Å². The van der Waals surface area contributed by atoms with Crippen molar-refractivity contribution in [1.29, 1.82) is 0 Å². The van der Waals surface area contributed by atoms with E-state index in [0.717, 1.165) is 16.3 Å². The monoisotopic (exact) mass is 243 g/mol. The molecule has 0 aliphatic heterocycles. The minimum atomic E-state index is -0.427. The van der Waals surface area contributed by atoms with Crippen LogP contribution in [0.2, 0.25) is 5.02 Å². The highest BCUT2D eigenvalue weighted by Crippen LogP contribution is 2.26. The Morgan fingerprint density at radius 2 is 1.94 bits per heavy atom. The lowest BCUT2D eigenvalue weighted by atomic mass is 10.0. The highest BCUT2D eigenvalue weighted by atomic mass is 35.5. The van der Waals surface area contributed by atoms with E-state index in [1.165, 1.54) is 0 Å². The van der Waals surface area contributed by atoms with Crippen LogP contribution in [0.25, 0.3) is 10.8 Å². The number of hydrogen-bond acceptors (Lipinski definition) is 1. The quantitative estimate of drug-likeness (QED) is 0.769. The minimum Gasteiger partial charge on any atom is -0.369 e. The first-order chi connectivity index (χ1) is 8.18. The van der Waals surface area contributed by atoms with Crippen LogP contribution in [0.5, 0.6) is 0 Å². The molecule has 0 heterocycles. The summed E-state index contributed by atoms with van der Waals surface area (Å²) in [6.45, 7) is 0. The van der Waals surface area contributed by atoms with Gasteiger partial charge < -0.3 is 5.73 Å². The summed E-state index contributed by atoms with van der Waals surface area (Å²) >= 11 is 6.14. The van der Waals surface area contributed by atoms with Crippen molar-refractivity contribution < 1.29 is 4.79 Å². The number of halogens is 1. The molecule has 0 saturated heterocycles. The Morgan fingerprint density at radius 3 is 2.65 bits per heavy atom. The van der Waals surface area contributed by atoms with E-state index in [1.54, 1.807) is 0 Å². The lowest BCUT2D eigenvalue weighted by Gasteiger charge is -2.02. The Morgan fingerprint density at radius 1 is 1.24 bits per heavy atom. The molecule has 0 atom stereocenters. The van der Waals surface area contributed by atoms with Gasteiger partial charge in [0.15, 0.2) is 0 Å². The highest BCUT2D eigenvalue weighted by Gasteiger charge is 2.02. The second-order valence-corrected chi connectivity index (χ2v) is 4.00. The summed E-state index contributed by atoms with van der Waals surface area (Å²) in [5, 5.41) is 2.60. The van der Waals surface area contributed by atoms with Gasteiger partial charge >= 0.3 is 0 Å². The minimum absolute atomic E-state index is 0.0564. The molecule has 17 heavy (non-hydrogen) atoms. The Hall–Kier alpha value is -1.98. The van der Waals surface area contributed by atoms with Gasteiger partial charge in [-0.25, -0.2) is 0 Å². The molecule has 2 N–H and O–H groups in total. The molecule has 0 fully saturated rings. The molecule has 2 aromatic rings. The van der Waals surface area contributed by atoms with Gasteiger partial charge in [-0.05, 0) is 17.5 Å². The van der Waals surface area contributed by atoms with E-state index < -0.39 is 5.91 Å². The molecule has 2 rings (SSSR count). The molecule has 0 spiro atoms. The molecule has 2 nitrogen and oxygen atoms in total. The molecule has 0 aliphatic carbocycles. The van der Waals surface area contributed by atoms with Gasteiger partial charge in [-0.2, -0.15) is 0 Å². The van der Waals surface area contributed by atoms with Crippen LogP contribution in [0.4, 0.5) is 0 Å². The normalized spacial score (nSPS) is 9.71. The van der Waals surface area contributed by atoms with Crippen LogP contribution in [0.1, 0.15) is 12.0 Å². The second kappa shape index (κ2) is 4.90. The first-order valence-corrected chi connectivity index (χ1v) is 5.50. The van der Waals surface area contributed by atoms with Crippen LogP contribution in [-0.2, 0) is 4.79 Å². The average Bonchev–Trinajstić information content (AvgIpc) is 2.29. The van der Waals surface area contributed by atoms with Crippen molar-refractivity contribution in [3.05, 3.63) is 47.0 Å². The Balaban J connectivity index is 2.53. The van der Waals surface area contributed by atoms with Crippen molar-refractivity contribution in [2.45, 2.75) is 6.42 Å². The van der Waals surface area contributed by atoms with Gasteiger partial charge in [0.25, 0.3) is 0 Å². The SMILES string of the molecule is NC(=O)CC#Cc1cccc2cccc(Cl)c12. The molecule has 0 unspecified atom stereocenters. The van der Waals surface area contributed by atoms with Crippen molar-refractivity contribution in [2.75, 3.05) is 0 Å². The highest BCUT2D eigenvalue weighted by molar-refractivity contribution is 6.36. The van der Waals surface area contributed by atoms with Crippen molar-refractivity contribution in [3.8, 4) is 11.8 Å². The van der Waals surface area contributed by atoms with Crippen LogP contribution in [0, 0.1) is 11.8 Å². The van der Waals surface area contributed by atoms with E-state index >= 15 is 0 Å². The smallest absolute Gasteiger partial charge is 0.229 e. The number of fused-ring (bicyclic) bond motifs is 1. The molecule has 84 valence electrons. The zero-order chi connectivity index (χ0) is 12.3. The number of benzene rings is 2. The first-order valence-electron chi connectivity index (χ1n) is 5.13. The Labute approximate surface area is 104 Å². The summed E-state index contributed by atoms with van der Waals surface area (Å²) in [7, 11) is 0. The van der Waals surface area contributed by atoms with Gasteiger partial charge in [0.2, 0.25) is 5.91 Å². The molecular weight excluding hydrogens is 234 g/mol. The second-order valence-electron chi connectivity index (χ2n) is 3.59. The third-order valence-electron chi connectivity index (χ3n) is 2.34. The molecule has 3 heteroatoms. The summed E-state index contributed by atoms with van der Waals surface area (Å²) in [4.78, 5) is 10.6. The third kappa shape index (κ3) is 2.58.